The number of nitrogens with two attached hydrogens (primary N) is 1. The van der Waals surface area contributed by atoms with Crippen molar-refractivity contribution in [3.8, 4) is 5.75 Å². The van der Waals surface area contributed by atoms with Gasteiger partial charge in [0.15, 0.2) is 0 Å². The molecule has 2 aromatic rings. The lowest BCUT2D eigenvalue weighted by atomic mass is 9.96. The predicted molar refractivity (Wildman–Crippen MR) is 91.3 cm³/mol. The van der Waals surface area contributed by atoms with Crippen LogP contribution in [0.25, 0.3) is 0 Å². The van der Waals surface area contributed by atoms with Gasteiger partial charge in [0.25, 0.3) is 0 Å². The van der Waals surface area contributed by atoms with Crippen molar-refractivity contribution in [1.82, 2.24) is 4.98 Å². The summed E-state index contributed by atoms with van der Waals surface area (Å²) in [5.41, 5.74) is 7.24. The number of pyridine rings is 1. The first-order chi connectivity index (χ1) is 10.6. The quantitative estimate of drug-likeness (QED) is 0.795. The normalized spacial score (nSPS) is 11.4. The fraction of sp³-hybridized carbons (Fsp3) is 0.250. The molecule has 5 nitrogen and oxygen atoms in total. The first-order valence-electron chi connectivity index (χ1n) is 6.84. The average Bonchev–Trinajstić information content (AvgIpc) is 2.53. The van der Waals surface area contributed by atoms with Crippen molar-refractivity contribution < 1.29 is 14.6 Å². The lowest BCUT2D eigenvalue weighted by Crippen LogP contribution is -2.16. The average molecular weight is 357 g/mol. The molecule has 0 spiro atoms. The van der Waals surface area contributed by atoms with Crippen LogP contribution in [0.15, 0.2) is 42.6 Å². The van der Waals surface area contributed by atoms with Gasteiger partial charge in [-0.25, -0.2) is 0 Å². The Morgan fingerprint density at radius 2 is 2.13 bits per heavy atom. The van der Waals surface area contributed by atoms with E-state index in [9.17, 15) is 4.79 Å². The van der Waals surface area contributed by atoms with Gasteiger partial charge in [-0.2, -0.15) is 0 Å². The van der Waals surface area contributed by atoms with Gasteiger partial charge in [0.2, 0.25) is 0 Å². The molecule has 7 heteroatoms. The third-order valence-electron chi connectivity index (χ3n) is 3.23. The Labute approximate surface area is 145 Å². The fourth-order valence-corrected chi connectivity index (χ4v) is 2.24. The summed E-state index contributed by atoms with van der Waals surface area (Å²) in [4.78, 5) is 15.1. The second kappa shape index (κ2) is 9.35. The Morgan fingerprint density at radius 1 is 1.35 bits per heavy atom. The van der Waals surface area contributed by atoms with Gasteiger partial charge in [0, 0.05) is 12.1 Å². The maximum Gasteiger partial charge on any atom is 0.304 e. The Morgan fingerprint density at radius 3 is 2.74 bits per heavy atom. The third kappa shape index (κ3) is 5.71. The number of rotatable bonds is 7. The van der Waals surface area contributed by atoms with Crippen molar-refractivity contribution in [3.05, 3.63) is 58.9 Å². The van der Waals surface area contributed by atoms with E-state index in [1.165, 1.54) is 0 Å². The molecular formula is C16H18Cl2N2O3. The summed E-state index contributed by atoms with van der Waals surface area (Å²) in [5.74, 6) is -0.665. The van der Waals surface area contributed by atoms with Crippen molar-refractivity contribution >= 4 is 30.0 Å². The summed E-state index contributed by atoms with van der Waals surface area (Å²) in [5, 5.41) is 9.39. The molecule has 0 bridgehead atoms. The second-order valence-corrected chi connectivity index (χ2v) is 5.24. The first-order valence-corrected chi connectivity index (χ1v) is 7.22. The summed E-state index contributed by atoms with van der Waals surface area (Å²) in [6.07, 6.45) is 1.66. The van der Waals surface area contributed by atoms with Crippen molar-refractivity contribution in [2.75, 3.05) is 6.54 Å². The van der Waals surface area contributed by atoms with E-state index < -0.39 is 5.97 Å². The van der Waals surface area contributed by atoms with E-state index in [0.717, 1.165) is 11.3 Å². The molecule has 0 radical (unpaired) electrons. The molecule has 0 fully saturated rings. The maximum absolute atomic E-state index is 10.9. The van der Waals surface area contributed by atoms with Crippen LogP contribution in [0.2, 0.25) is 5.02 Å². The van der Waals surface area contributed by atoms with Gasteiger partial charge >= 0.3 is 5.97 Å². The van der Waals surface area contributed by atoms with Gasteiger partial charge in [0.05, 0.1) is 17.1 Å². The van der Waals surface area contributed by atoms with Crippen molar-refractivity contribution in [2.45, 2.75) is 18.9 Å². The van der Waals surface area contributed by atoms with Crippen LogP contribution in [0.5, 0.6) is 5.75 Å². The molecule has 0 saturated heterocycles. The molecule has 1 atom stereocenters. The van der Waals surface area contributed by atoms with Crippen molar-refractivity contribution in [2.24, 2.45) is 5.73 Å². The molecule has 2 rings (SSSR count). The minimum absolute atomic E-state index is 0. The van der Waals surface area contributed by atoms with Gasteiger partial charge in [0.1, 0.15) is 12.4 Å². The molecule has 0 aliphatic heterocycles. The third-order valence-corrected chi connectivity index (χ3v) is 3.55. The number of hydrogen-bond donors (Lipinski definition) is 2. The number of aromatic nitrogens is 1. The van der Waals surface area contributed by atoms with Crippen LogP contribution < -0.4 is 10.5 Å². The highest BCUT2D eigenvalue weighted by Gasteiger charge is 2.16. The number of halogens is 2. The topological polar surface area (TPSA) is 85.4 Å². The van der Waals surface area contributed by atoms with Crippen LogP contribution in [0.4, 0.5) is 0 Å². The number of carbonyl (C=O) groups is 1. The van der Waals surface area contributed by atoms with E-state index in [4.69, 9.17) is 27.2 Å². The van der Waals surface area contributed by atoms with Gasteiger partial charge < -0.3 is 15.6 Å². The van der Waals surface area contributed by atoms with Crippen molar-refractivity contribution in [1.29, 1.82) is 0 Å². The first kappa shape index (κ1) is 19.2. The fourth-order valence-electron chi connectivity index (χ4n) is 2.07. The van der Waals surface area contributed by atoms with Crippen LogP contribution in [0, 0.1) is 0 Å². The highest BCUT2D eigenvalue weighted by molar-refractivity contribution is 6.32. The number of aliphatic carboxylic acids is 1. The molecule has 0 aliphatic carbocycles. The molecular weight excluding hydrogens is 339 g/mol. The monoisotopic (exact) mass is 356 g/mol. The lowest BCUT2D eigenvalue weighted by molar-refractivity contribution is -0.137. The number of carboxylic acids is 1. The molecule has 1 aromatic heterocycles. The molecule has 3 N–H and O–H groups in total. The summed E-state index contributed by atoms with van der Waals surface area (Å²) in [6, 6.07) is 10.8. The lowest BCUT2D eigenvalue weighted by Gasteiger charge is -2.15. The standard InChI is InChI=1S/C16H17ClN2O3.ClH/c17-14-5-4-11(12(9-18)8-16(20)21)7-15(14)22-10-13-3-1-2-6-19-13;/h1-7,12H,8-10,18H2,(H,20,21);1H/t12-;/m0./s1. The predicted octanol–water partition coefficient (Wildman–Crippen LogP) is 3.25. The largest absolute Gasteiger partial charge is 0.486 e. The summed E-state index contributed by atoms with van der Waals surface area (Å²) in [7, 11) is 0. The smallest absolute Gasteiger partial charge is 0.304 e. The van der Waals surface area contributed by atoms with E-state index in [-0.39, 0.29) is 37.9 Å². The van der Waals surface area contributed by atoms with Crippen LogP contribution in [0.3, 0.4) is 0 Å². The highest BCUT2D eigenvalue weighted by Crippen LogP contribution is 2.30. The van der Waals surface area contributed by atoms with Gasteiger partial charge in [-0.05, 0) is 36.4 Å². The number of ether oxygens (including phenoxy) is 1. The molecule has 0 saturated carbocycles. The Hall–Kier alpha value is -1.82. The van der Waals surface area contributed by atoms with E-state index in [1.807, 2.05) is 18.2 Å². The molecule has 124 valence electrons. The molecule has 1 aromatic carbocycles. The zero-order valence-electron chi connectivity index (χ0n) is 12.3. The van der Waals surface area contributed by atoms with Gasteiger partial charge in [-0.1, -0.05) is 23.7 Å². The van der Waals surface area contributed by atoms with E-state index in [0.29, 0.717) is 10.8 Å². The Balaban J connectivity index is 0.00000264. The van der Waals surface area contributed by atoms with E-state index in [2.05, 4.69) is 4.98 Å². The molecule has 1 heterocycles. The Bertz CT molecular complexity index is 638. The van der Waals surface area contributed by atoms with Crippen LogP contribution in [-0.4, -0.2) is 22.6 Å². The number of carboxylic acid groups (broad SMARTS) is 1. The minimum Gasteiger partial charge on any atom is -0.486 e. The number of benzene rings is 1. The van der Waals surface area contributed by atoms with E-state index >= 15 is 0 Å². The van der Waals surface area contributed by atoms with Crippen LogP contribution >= 0.6 is 24.0 Å². The minimum atomic E-state index is -0.888. The van der Waals surface area contributed by atoms with Gasteiger partial charge in [-0.3, -0.25) is 9.78 Å². The number of hydrogen-bond acceptors (Lipinski definition) is 4. The van der Waals surface area contributed by atoms with E-state index in [1.54, 1.807) is 24.4 Å². The van der Waals surface area contributed by atoms with Gasteiger partial charge in [-0.15, -0.1) is 12.4 Å². The summed E-state index contributed by atoms with van der Waals surface area (Å²) >= 11 is 6.12. The maximum atomic E-state index is 10.9. The number of nitrogens with zero attached hydrogens (tertiary/aromatic N) is 1. The molecule has 0 aliphatic rings. The molecule has 0 unspecified atom stereocenters. The summed E-state index contributed by atoms with van der Waals surface area (Å²) < 4.78 is 5.68. The zero-order chi connectivity index (χ0) is 15.9. The summed E-state index contributed by atoms with van der Waals surface area (Å²) in [6.45, 7) is 0.532. The second-order valence-electron chi connectivity index (χ2n) is 4.83. The highest BCUT2D eigenvalue weighted by atomic mass is 35.5. The molecule has 23 heavy (non-hydrogen) atoms. The SMILES string of the molecule is Cl.NC[C@H](CC(=O)O)c1ccc(Cl)c(OCc2ccccn2)c1. The van der Waals surface area contributed by atoms with Crippen LogP contribution in [0.1, 0.15) is 23.6 Å². The van der Waals surface area contributed by atoms with Crippen LogP contribution in [-0.2, 0) is 11.4 Å². The zero-order valence-corrected chi connectivity index (χ0v) is 13.9. The van der Waals surface area contributed by atoms with Crippen molar-refractivity contribution in [3.63, 3.8) is 0 Å². The Kier molecular flexibility index (Phi) is 7.81. The molecule has 0 amide bonds.